The lowest BCUT2D eigenvalue weighted by Crippen LogP contribution is -2.30. The first-order chi connectivity index (χ1) is 5.61. The Labute approximate surface area is 69.6 Å². The molecule has 6 heteroatoms. The summed E-state index contributed by atoms with van der Waals surface area (Å²) in [5.41, 5.74) is 0. The summed E-state index contributed by atoms with van der Waals surface area (Å²) in [6, 6.07) is 0. The summed E-state index contributed by atoms with van der Waals surface area (Å²) >= 11 is 0. The molecular formula is C6H13NO5. The Bertz CT molecular complexity index is 140. The number of nitrogens with zero attached hydrogens (tertiary/aromatic N) is 1. The molecule has 0 aromatic carbocycles. The fraction of sp³-hybridized carbons (Fsp3) is 1.00. The zero-order valence-corrected chi connectivity index (χ0v) is 6.59. The molecule has 0 rings (SSSR count). The highest BCUT2D eigenvalue weighted by Crippen LogP contribution is 2.08. The second kappa shape index (κ2) is 5.87. The van der Waals surface area contributed by atoms with Crippen LogP contribution in [-0.2, 0) is 0 Å². The summed E-state index contributed by atoms with van der Waals surface area (Å²) in [5, 5.41) is 36.0. The van der Waals surface area contributed by atoms with Crippen molar-refractivity contribution in [3.8, 4) is 0 Å². The second-order valence-electron chi connectivity index (χ2n) is 2.54. The van der Waals surface area contributed by atoms with Crippen molar-refractivity contribution < 1.29 is 20.2 Å². The predicted molar refractivity (Wildman–Crippen MR) is 40.1 cm³/mol. The molecule has 0 heterocycles. The molecule has 0 aliphatic rings. The normalized spacial score (nSPS) is 15.6. The third-order valence-corrected chi connectivity index (χ3v) is 1.61. The van der Waals surface area contributed by atoms with Crippen molar-refractivity contribution in [3.63, 3.8) is 0 Å². The molecule has 1 unspecified atom stereocenters. The summed E-state index contributed by atoms with van der Waals surface area (Å²) < 4.78 is 0. The molecule has 0 aliphatic carbocycles. The standard InChI is InChI=1S/C6H13NO5/c8-2-1-5(3-7(11)12)6(10)4-9/h5-6,8-10H,1-4H2/t5?,6-/m1/s1. The Hall–Kier alpha value is -0.720. The van der Waals surface area contributed by atoms with Gasteiger partial charge in [-0.2, -0.15) is 0 Å². The van der Waals surface area contributed by atoms with Crippen LogP contribution in [0.25, 0.3) is 0 Å². The van der Waals surface area contributed by atoms with Crippen LogP contribution >= 0.6 is 0 Å². The van der Waals surface area contributed by atoms with Crippen molar-refractivity contribution in [2.45, 2.75) is 12.5 Å². The zero-order valence-electron chi connectivity index (χ0n) is 6.59. The maximum atomic E-state index is 10.0. The maximum Gasteiger partial charge on any atom is 0.209 e. The van der Waals surface area contributed by atoms with Crippen molar-refractivity contribution in [1.29, 1.82) is 0 Å². The molecule has 0 radical (unpaired) electrons. The van der Waals surface area contributed by atoms with Gasteiger partial charge in [0.05, 0.1) is 18.6 Å². The van der Waals surface area contributed by atoms with Crippen molar-refractivity contribution in [2.75, 3.05) is 19.8 Å². The van der Waals surface area contributed by atoms with Crippen molar-refractivity contribution in [3.05, 3.63) is 10.1 Å². The Balaban J connectivity index is 3.93. The van der Waals surface area contributed by atoms with E-state index in [1.165, 1.54) is 0 Å². The van der Waals surface area contributed by atoms with Gasteiger partial charge in [0, 0.05) is 11.5 Å². The SMILES string of the molecule is O=[N+]([O-])CC(CCO)[C@H](O)CO. The van der Waals surface area contributed by atoms with E-state index in [4.69, 9.17) is 15.3 Å². The highest BCUT2D eigenvalue weighted by Gasteiger charge is 2.22. The molecule has 0 aromatic heterocycles. The highest BCUT2D eigenvalue weighted by atomic mass is 16.6. The summed E-state index contributed by atoms with van der Waals surface area (Å²) in [6.45, 7) is -1.17. The molecule has 0 spiro atoms. The average Bonchev–Trinajstić information content (AvgIpc) is 2.01. The van der Waals surface area contributed by atoms with Crippen molar-refractivity contribution >= 4 is 0 Å². The van der Waals surface area contributed by atoms with E-state index in [2.05, 4.69) is 0 Å². The average molecular weight is 179 g/mol. The van der Waals surface area contributed by atoms with Gasteiger partial charge in [-0.25, -0.2) is 0 Å². The van der Waals surface area contributed by atoms with Gasteiger partial charge in [-0.15, -0.1) is 0 Å². The van der Waals surface area contributed by atoms with E-state index in [1.807, 2.05) is 0 Å². The fourth-order valence-electron chi connectivity index (χ4n) is 0.912. The number of aliphatic hydroxyl groups is 3. The van der Waals surface area contributed by atoms with Gasteiger partial charge in [-0.1, -0.05) is 0 Å². The minimum Gasteiger partial charge on any atom is -0.396 e. The molecule has 0 amide bonds. The van der Waals surface area contributed by atoms with Crippen LogP contribution in [0.3, 0.4) is 0 Å². The fourth-order valence-corrected chi connectivity index (χ4v) is 0.912. The van der Waals surface area contributed by atoms with Crippen LogP contribution in [0.4, 0.5) is 0 Å². The second-order valence-corrected chi connectivity index (χ2v) is 2.54. The van der Waals surface area contributed by atoms with Crippen molar-refractivity contribution in [2.24, 2.45) is 5.92 Å². The van der Waals surface area contributed by atoms with Gasteiger partial charge in [-0.3, -0.25) is 10.1 Å². The Kier molecular flexibility index (Phi) is 5.52. The summed E-state index contributed by atoms with van der Waals surface area (Å²) in [7, 11) is 0. The molecular weight excluding hydrogens is 166 g/mol. The first kappa shape index (κ1) is 11.3. The largest absolute Gasteiger partial charge is 0.396 e. The van der Waals surface area contributed by atoms with E-state index < -0.39 is 30.1 Å². The summed E-state index contributed by atoms with van der Waals surface area (Å²) in [4.78, 5) is 9.47. The highest BCUT2D eigenvalue weighted by molar-refractivity contribution is 4.66. The maximum absolute atomic E-state index is 10.0. The molecule has 3 N–H and O–H groups in total. The van der Waals surface area contributed by atoms with E-state index in [0.29, 0.717) is 0 Å². The van der Waals surface area contributed by atoms with E-state index in [0.717, 1.165) is 0 Å². The number of hydrogen-bond acceptors (Lipinski definition) is 5. The van der Waals surface area contributed by atoms with Crippen LogP contribution < -0.4 is 0 Å². The third-order valence-electron chi connectivity index (χ3n) is 1.61. The van der Waals surface area contributed by atoms with Gasteiger partial charge in [0.15, 0.2) is 0 Å². The molecule has 6 nitrogen and oxygen atoms in total. The minimum atomic E-state index is -1.12. The molecule has 0 fully saturated rings. The zero-order chi connectivity index (χ0) is 9.56. The van der Waals surface area contributed by atoms with Crippen LogP contribution in [0.5, 0.6) is 0 Å². The quantitative estimate of drug-likeness (QED) is 0.344. The smallest absolute Gasteiger partial charge is 0.209 e. The lowest BCUT2D eigenvalue weighted by molar-refractivity contribution is -0.491. The van der Waals surface area contributed by atoms with Gasteiger partial charge < -0.3 is 15.3 Å². The van der Waals surface area contributed by atoms with Crippen LogP contribution in [0.1, 0.15) is 6.42 Å². The van der Waals surface area contributed by atoms with Crippen LogP contribution in [-0.4, -0.2) is 46.1 Å². The van der Waals surface area contributed by atoms with E-state index in [1.54, 1.807) is 0 Å². The lowest BCUT2D eigenvalue weighted by Gasteiger charge is -2.15. The van der Waals surface area contributed by atoms with Crippen LogP contribution in [0, 0.1) is 16.0 Å². The van der Waals surface area contributed by atoms with Crippen LogP contribution in [0.15, 0.2) is 0 Å². The summed E-state index contributed by atoms with van der Waals surface area (Å²) in [5.74, 6) is -0.671. The predicted octanol–water partition coefficient (Wildman–Crippen LogP) is -1.39. The number of hydrogen-bond donors (Lipinski definition) is 3. The number of rotatable bonds is 6. The monoisotopic (exact) mass is 179 g/mol. The molecule has 0 aromatic rings. The minimum absolute atomic E-state index is 0.128. The van der Waals surface area contributed by atoms with Crippen molar-refractivity contribution in [1.82, 2.24) is 0 Å². The van der Waals surface area contributed by atoms with Gasteiger partial charge in [0.25, 0.3) is 0 Å². The number of aliphatic hydroxyl groups excluding tert-OH is 3. The molecule has 72 valence electrons. The Morgan fingerprint density at radius 2 is 2.00 bits per heavy atom. The molecule has 0 aliphatic heterocycles. The Morgan fingerprint density at radius 1 is 1.42 bits per heavy atom. The molecule has 2 atom stereocenters. The van der Waals surface area contributed by atoms with E-state index >= 15 is 0 Å². The molecule has 0 saturated carbocycles. The van der Waals surface area contributed by atoms with Gasteiger partial charge in [0.1, 0.15) is 0 Å². The van der Waals surface area contributed by atoms with Crippen LogP contribution in [0.2, 0.25) is 0 Å². The molecule has 12 heavy (non-hydrogen) atoms. The Morgan fingerprint density at radius 3 is 2.33 bits per heavy atom. The van der Waals surface area contributed by atoms with E-state index in [9.17, 15) is 10.1 Å². The van der Waals surface area contributed by atoms with Gasteiger partial charge >= 0.3 is 0 Å². The van der Waals surface area contributed by atoms with Gasteiger partial charge in [0.2, 0.25) is 6.54 Å². The molecule has 0 saturated heterocycles. The topological polar surface area (TPSA) is 104 Å². The summed E-state index contributed by atoms with van der Waals surface area (Å²) in [6.07, 6.45) is -0.995. The first-order valence-electron chi connectivity index (χ1n) is 3.63. The third kappa shape index (κ3) is 4.22. The lowest BCUT2D eigenvalue weighted by atomic mass is 10.00. The molecule has 0 bridgehead atoms. The van der Waals surface area contributed by atoms with Gasteiger partial charge in [-0.05, 0) is 6.42 Å². The van der Waals surface area contributed by atoms with E-state index in [-0.39, 0.29) is 13.0 Å². The number of nitro groups is 1. The first-order valence-corrected chi connectivity index (χ1v) is 3.63.